The van der Waals surface area contributed by atoms with Gasteiger partial charge in [0.2, 0.25) is 0 Å². The highest BCUT2D eigenvalue weighted by Gasteiger charge is 2.11. The quantitative estimate of drug-likeness (QED) is 0.742. The molecule has 1 aromatic carbocycles. The lowest BCUT2D eigenvalue weighted by Crippen LogP contribution is -1.90. The third kappa shape index (κ3) is 1.89. The highest BCUT2D eigenvalue weighted by atomic mass is 32.2. The van der Waals surface area contributed by atoms with Crippen molar-refractivity contribution in [1.29, 1.82) is 0 Å². The Morgan fingerprint density at radius 2 is 1.75 bits per heavy atom. The maximum atomic E-state index is 4.55. The van der Waals surface area contributed by atoms with Crippen LogP contribution in [0.4, 0.5) is 0 Å². The van der Waals surface area contributed by atoms with Crippen molar-refractivity contribution in [3.05, 3.63) is 34.5 Å². The normalized spacial score (nSPS) is 10.8. The molecule has 84 valence electrons. The van der Waals surface area contributed by atoms with E-state index in [1.54, 1.807) is 11.3 Å². The van der Waals surface area contributed by atoms with Crippen molar-refractivity contribution < 1.29 is 0 Å². The topological polar surface area (TPSA) is 12.9 Å². The predicted molar refractivity (Wildman–Crippen MR) is 73.8 cm³/mol. The van der Waals surface area contributed by atoms with Crippen molar-refractivity contribution in [2.45, 2.75) is 31.9 Å². The molecule has 0 unspecified atom stereocenters. The van der Waals surface area contributed by atoms with Crippen LogP contribution >= 0.6 is 24.0 Å². The molecule has 0 aliphatic carbocycles. The van der Waals surface area contributed by atoms with Crippen molar-refractivity contribution in [3.8, 4) is 10.6 Å². The summed E-state index contributed by atoms with van der Waals surface area (Å²) >= 11 is 6.05. The average molecular weight is 249 g/mol. The van der Waals surface area contributed by atoms with Gasteiger partial charge in [0.1, 0.15) is 5.01 Å². The highest BCUT2D eigenvalue weighted by molar-refractivity contribution is 7.83. The van der Waals surface area contributed by atoms with Gasteiger partial charge in [-0.1, -0.05) is 12.1 Å². The SMILES string of the molecule is Cc1ccc(-c2nc(C)c(S)s2)c(C)c1C. The lowest BCUT2D eigenvalue weighted by molar-refractivity contribution is 1.20. The summed E-state index contributed by atoms with van der Waals surface area (Å²) in [5, 5.41) is 1.07. The van der Waals surface area contributed by atoms with E-state index < -0.39 is 0 Å². The minimum Gasteiger partial charge on any atom is -0.240 e. The van der Waals surface area contributed by atoms with Gasteiger partial charge in [0, 0.05) is 5.56 Å². The zero-order valence-electron chi connectivity index (χ0n) is 9.96. The molecule has 2 aromatic rings. The Kier molecular flexibility index (Phi) is 3.08. The number of benzene rings is 1. The fourth-order valence-corrected chi connectivity index (χ4v) is 2.89. The molecule has 16 heavy (non-hydrogen) atoms. The van der Waals surface area contributed by atoms with Gasteiger partial charge in [-0.15, -0.1) is 24.0 Å². The molecular formula is C13H15NS2. The third-order valence-electron chi connectivity index (χ3n) is 3.06. The van der Waals surface area contributed by atoms with Crippen LogP contribution in [0.3, 0.4) is 0 Å². The molecule has 2 rings (SSSR count). The Bertz CT molecular complexity index is 522. The predicted octanol–water partition coefficient (Wildman–Crippen LogP) is 4.33. The Morgan fingerprint density at radius 1 is 1.06 bits per heavy atom. The van der Waals surface area contributed by atoms with Crippen LogP contribution in [0.15, 0.2) is 16.3 Å². The number of aryl methyl sites for hydroxylation is 2. The van der Waals surface area contributed by atoms with E-state index >= 15 is 0 Å². The fourth-order valence-electron chi connectivity index (χ4n) is 1.69. The second-order valence-corrected chi connectivity index (χ2v) is 5.84. The van der Waals surface area contributed by atoms with Gasteiger partial charge < -0.3 is 0 Å². The Labute approximate surface area is 106 Å². The monoisotopic (exact) mass is 249 g/mol. The minimum absolute atomic E-state index is 1.01. The van der Waals surface area contributed by atoms with Crippen molar-refractivity contribution in [3.63, 3.8) is 0 Å². The van der Waals surface area contributed by atoms with Crippen LogP contribution < -0.4 is 0 Å². The summed E-state index contributed by atoms with van der Waals surface area (Å²) < 4.78 is 1.01. The summed E-state index contributed by atoms with van der Waals surface area (Å²) in [7, 11) is 0. The number of aromatic nitrogens is 1. The molecule has 0 bridgehead atoms. The van der Waals surface area contributed by atoms with Crippen molar-refractivity contribution in [1.82, 2.24) is 4.98 Å². The van der Waals surface area contributed by atoms with Gasteiger partial charge in [0.15, 0.2) is 0 Å². The molecule has 0 amide bonds. The summed E-state index contributed by atoms with van der Waals surface area (Å²) in [5.74, 6) is 0. The molecule has 1 aromatic heterocycles. The van der Waals surface area contributed by atoms with Crippen molar-refractivity contribution in [2.24, 2.45) is 0 Å². The molecule has 0 N–H and O–H groups in total. The van der Waals surface area contributed by atoms with Crippen molar-refractivity contribution in [2.75, 3.05) is 0 Å². The van der Waals surface area contributed by atoms with E-state index in [2.05, 4.69) is 50.5 Å². The molecule has 0 radical (unpaired) electrons. The first-order chi connectivity index (χ1) is 7.50. The minimum atomic E-state index is 1.01. The van der Waals surface area contributed by atoms with Crippen molar-refractivity contribution >= 4 is 24.0 Å². The first-order valence-electron chi connectivity index (χ1n) is 5.24. The van der Waals surface area contributed by atoms with Crippen LogP contribution in [-0.4, -0.2) is 4.98 Å². The summed E-state index contributed by atoms with van der Waals surface area (Å²) in [6.45, 7) is 8.46. The Hall–Kier alpha value is -0.800. The van der Waals surface area contributed by atoms with E-state index in [0.29, 0.717) is 0 Å². The maximum Gasteiger partial charge on any atom is 0.124 e. The van der Waals surface area contributed by atoms with E-state index in [1.165, 1.54) is 22.3 Å². The largest absolute Gasteiger partial charge is 0.240 e. The zero-order chi connectivity index (χ0) is 11.9. The molecule has 0 aliphatic rings. The van der Waals surface area contributed by atoms with E-state index in [9.17, 15) is 0 Å². The van der Waals surface area contributed by atoms with Gasteiger partial charge in [-0.2, -0.15) is 0 Å². The summed E-state index contributed by atoms with van der Waals surface area (Å²) in [6.07, 6.45) is 0. The average Bonchev–Trinajstić information content (AvgIpc) is 2.56. The Morgan fingerprint density at radius 3 is 2.31 bits per heavy atom. The second-order valence-electron chi connectivity index (χ2n) is 4.09. The number of thiazole rings is 1. The first-order valence-corrected chi connectivity index (χ1v) is 6.50. The van der Waals surface area contributed by atoms with Crippen LogP contribution in [-0.2, 0) is 0 Å². The molecule has 0 saturated heterocycles. The summed E-state index contributed by atoms with van der Waals surface area (Å²) in [4.78, 5) is 4.55. The van der Waals surface area contributed by atoms with Crippen LogP contribution in [0, 0.1) is 27.7 Å². The van der Waals surface area contributed by atoms with Crippen LogP contribution in [0.25, 0.3) is 10.6 Å². The number of nitrogens with zero attached hydrogens (tertiary/aromatic N) is 1. The van der Waals surface area contributed by atoms with E-state index in [4.69, 9.17) is 0 Å². The maximum absolute atomic E-state index is 4.55. The molecule has 0 saturated carbocycles. The third-order valence-corrected chi connectivity index (χ3v) is 4.65. The molecular weight excluding hydrogens is 234 g/mol. The molecule has 0 fully saturated rings. The van der Waals surface area contributed by atoms with Gasteiger partial charge >= 0.3 is 0 Å². The van der Waals surface area contributed by atoms with Gasteiger partial charge in [-0.25, -0.2) is 4.98 Å². The first kappa shape index (κ1) is 11.7. The molecule has 0 spiro atoms. The van der Waals surface area contributed by atoms with Crippen LogP contribution in [0.2, 0.25) is 0 Å². The number of hydrogen-bond donors (Lipinski definition) is 1. The molecule has 1 heterocycles. The fraction of sp³-hybridized carbons (Fsp3) is 0.308. The summed E-state index contributed by atoms with van der Waals surface area (Å²) in [5.41, 5.74) is 6.26. The highest BCUT2D eigenvalue weighted by Crippen LogP contribution is 2.33. The van der Waals surface area contributed by atoms with Gasteiger partial charge in [0.05, 0.1) is 9.90 Å². The molecule has 1 nitrogen and oxygen atoms in total. The molecule has 0 atom stereocenters. The zero-order valence-corrected chi connectivity index (χ0v) is 11.7. The number of rotatable bonds is 1. The van der Waals surface area contributed by atoms with Gasteiger partial charge in [-0.05, 0) is 44.4 Å². The van der Waals surface area contributed by atoms with E-state index in [1.807, 2.05) is 6.92 Å². The smallest absolute Gasteiger partial charge is 0.124 e. The number of hydrogen-bond acceptors (Lipinski definition) is 3. The molecule has 0 aliphatic heterocycles. The molecule has 3 heteroatoms. The summed E-state index contributed by atoms with van der Waals surface area (Å²) in [6, 6.07) is 4.32. The Balaban J connectivity index is 2.61. The van der Waals surface area contributed by atoms with Gasteiger partial charge in [-0.3, -0.25) is 0 Å². The lowest BCUT2D eigenvalue weighted by atomic mass is 9.99. The van der Waals surface area contributed by atoms with E-state index in [-0.39, 0.29) is 0 Å². The number of thiol groups is 1. The van der Waals surface area contributed by atoms with Crippen LogP contribution in [0.1, 0.15) is 22.4 Å². The van der Waals surface area contributed by atoms with Crippen LogP contribution in [0.5, 0.6) is 0 Å². The van der Waals surface area contributed by atoms with Gasteiger partial charge in [0.25, 0.3) is 0 Å². The lowest BCUT2D eigenvalue weighted by Gasteiger charge is -2.08. The second kappa shape index (κ2) is 4.22. The standard InChI is InChI=1S/C13H15NS2/c1-7-5-6-11(9(3)8(7)2)12-14-10(4)13(15)16-12/h5-6,15H,1-4H3. The van der Waals surface area contributed by atoms with E-state index in [0.717, 1.165) is 14.9 Å².